The molecule has 0 rings (SSSR count). The largest absolute Gasteiger partial charge is 0.389 e. The van der Waals surface area contributed by atoms with Gasteiger partial charge >= 0.3 is 0 Å². The molecule has 0 aromatic rings. The van der Waals surface area contributed by atoms with Crippen LogP contribution in [0.3, 0.4) is 0 Å². The van der Waals surface area contributed by atoms with Gasteiger partial charge in [0.1, 0.15) is 0 Å². The highest BCUT2D eigenvalue weighted by Gasteiger charge is 2.19. The van der Waals surface area contributed by atoms with E-state index in [1.165, 1.54) is 0 Å². The van der Waals surface area contributed by atoms with Gasteiger partial charge in [-0.2, -0.15) is 11.8 Å². The Morgan fingerprint density at radius 3 is 2.56 bits per heavy atom. The maximum atomic E-state index is 9.85. The highest BCUT2D eigenvalue weighted by molar-refractivity contribution is 7.98. The molecule has 0 radical (unpaired) electrons. The van der Waals surface area contributed by atoms with Crippen molar-refractivity contribution in [3.8, 4) is 0 Å². The lowest BCUT2D eigenvalue weighted by molar-refractivity contribution is 0.00347. The maximum absolute atomic E-state index is 9.85. The first-order valence-corrected chi connectivity index (χ1v) is 6.98. The van der Waals surface area contributed by atoms with Crippen LogP contribution in [0.25, 0.3) is 0 Å². The van der Waals surface area contributed by atoms with Gasteiger partial charge in [0.25, 0.3) is 0 Å². The molecule has 0 fully saturated rings. The SMILES string of the molecule is CSCC(C)(O)CNCC(O)COC(C)C. The van der Waals surface area contributed by atoms with Gasteiger partial charge in [-0.3, -0.25) is 0 Å². The minimum absolute atomic E-state index is 0.134. The number of hydrogen-bond donors (Lipinski definition) is 3. The van der Waals surface area contributed by atoms with Crippen LogP contribution in [0.2, 0.25) is 0 Å². The average Bonchev–Trinajstić information content (AvgIpc) is 2.14. The lowest BCUT2D eigenvalue weighted by atomic mass is 10.1. The first kappa shape index (κ1) is 16.2. The summed E-state index contributed by atoms with van der Waals surface area (Å²) in [6, 6.07) is 0. The number of nitrogens with one attached hydrogen (secondary N) is 1. The van der Waals surface area contributed by atoms with Crippen LogP contribution in [0.1, 0.15) is 20.8 Å². The highest BCUT2D eigenvalue weighted by Crippen LogP contribution is 2.08. The van der Waals surface area contributed by atoms with Gasteiger partial charge in [0.2, 0.25) is 0 Å². The van der Waals surface area contributed by atoms with Crippen molar-refractivity contribution in [2.24, 2.45) is 0 Å². The van der Waals surface area contributed by atoms with Gasteiger partial charge in [-0.15, -0.1) is 0 Å². The van der Waals surface area contributed by atoms with Gasteiger partial charge < -0.3 is 20.3 Å². The molecule has 0 saturated carbocycles. The Balaban J connectivity index is 3.57. The Morgan fingerprint density at radius 1 is 1.44 bits per heavy atom. The lowest BCUT2D eigenvalue weighted by Gasteiger charge is -2.23. The Bertz CT molecular complexity index is 177. The molecule has 4 nitrogen and oxygen atoms in total. The zero-order valence-electron chi connectivity index (χ0n) is 10.7. The first-order chi connectivity index (χ1) is 7.37. The average molecular weight is 251 g/mol. The van der Waals surface area contributed by atoms with E-state index in [0.29, 0.717) is 25.4 Å². The molecule has 16 heavy (non-hydrogen) atoms. The Kier molecular flexibility index (Phi) is 8.40. The van der Waals surface area contributed by atoms with E-state index in [1.54, 1.807) is 18.7 Å². The van der Waals surface area contributed by atoms with Gasteiger partial charge in [0.05, 0.1) is 24.4 Å². The second-order valence-electron chi connectivity index (χ2n) is 4.60. The molecule has 0 spiro atoms. The summed E-state index contributed by atoms with van der Waals surface area (Å²) in [6.45, 7) is 6.90. The molecule has 0 amide bonds. The Morgan fingerprint density at radius 2 is 2.06 bits per heavy atom. The molecule has 5 heteroatoms. The van der Waals surface area contributed by atoms with Crippen LogP contribution in [-0.4, -0.2) is 59.7 Å². The molecular weight excluding hydrogens is 226 g/mol. The lowest BCUT2D eigenvalue weighted by Crippen LogP contribution is -2.43. The third-order valence-corrected chi connectivity index (χ3v) is 2.87. The van der Waals surface area contributed by atoms with Gasteiger partial charge in [-0.25, -0.2) is 0 Å². The third-order valence-electron chi connectivity index (χ3n) is 1.96. The molecular formula is C11H25NO3S. The fraction of sp³-hybridized carbons (Fsp3) is 1.00. The van der Waals surface area contributed by atoms with Crippen LogP contribution in [-0.2, 0) is 4.74 Å². The van der Waals surface area contributed by atoms with E-state index in [1.807, 2.05) is 20.1 Å². The number of aliphatic hydroxyl groups is 2. The molecule has 0 aromatic heterocycles. The van der Waals surface area contributed by atoms with Gasteiger partial charge in [0, 0.05) is 18.8 Å². The van der Waals surface area contributed by atoms with Crippen molar-refractivity contribution in [3.05, 3.63) is 0 Å². The second-order valence-corrected chi connectivity index (χ2v) is 5.46. The number of thioether (sulfide) groups is 1. The van der Waals surface area contributed by atoms with Crippen molar-refractivity contribution in [3.63, 3.8) is 0 Å². The van der Waals surface area contributed by atoms with E-state index in [0.717, 1.165) is 0 Å². The Labute approximate surface area is 103 Å². The van der Waals surface area contributed by atoms with Crippen molar-refractivity contribution in [2.45, 2.75) is 38.6 Å². The van der Waals surface area contributed by atoms with Crippen LogP contribution in [0, 0.1) is 0 Å². The zero-order chi connectivity index (χ0) is 12.6. The molecule has 0 heterocycles. The normalized spacial score (nSPS) is 17.4. The fourth-order valence-electron chi connectivity index (χ4n) is 1.23. The molecule has 2 unspecified atom stereocenters. The summed E-state index contributed by atoms with van der Waals surface area (Å²) in [6.07, 6.45) is 1.57. The van der Waals surface area contributed by atoms with E-state index in [9.17, 15) is 10.2 Å². The van der Waals surface area contributed by atoms with Gasteiger partial charge in [-0.05, 0) is 27.0 Å². The third kappa shape index (κ3) is 9.42. The molecule has 0 bridgehead atoms. The number of rotatable bonds is 9. The van der Waals surface area contributed by atoms with E-state index >= 15 is 0 Å². The monoisotopic (exact) mass is 251 g/mol. The first-order valence-electron chi connectivity index (χ1n) is 5.59. The van der Waals surface area contributed by atoms with Crippen molar-refractivity contribution in [1.29, 1.82) is 0 Å². The molecule has 0 saturated heterocycles. The van der Waals surface area contributed by atoms with Crippen molar-refractivity contribution in [1.82, 2.24) is 5.32 Å². The van der Waals surface area contributed by atoms with Gasteiger partial charge in [0.15, 0.2) is 0 Å². The number of aliphatic hydroxyl groups excluding tert-OH is 1. The molecule has 2 atom stereocenters. The van der Waals surface area contributed by atoms with Crippen molar-refractivity contribution in [2.75, 3.05) is 31.7 Å². The summed E-state index contributed by atoms with van der Waals surface area (Å²) >= 11 is 1.60. The van der Waals surface area contributed by atoms with E-state index in [-0.39, 0.29) is 6.10 Å². The summed E-state index contributed by atoms with van der Waals surface area (Å²) in [7, 11) is 0. The molecule has 0 aromatic carbocycles. The van der Waals surface area contributed by atoms with Crippen LogP contribution < -0.4 is 5.32 Å². The fourth-order valence-corrected chi connectivity index (χ4v) is 1.96. The van der Waals surface area contributed by atoms with Crippen LogP contribution in [0.15, 0.2) is 0 Å². The number of ether oxygens (including phenoxy) is 1. The smallest absolute Gasteiger partial charge is 0.0897 e. The molecule has 0 aliphatic rings. The minimum Gasteiger partial charge on any atom is -0.389 e. The molecule has 0 aliphatic heterocycles. The second kappa shape index (κ2) is 8.31. The van der Waals surface area contributed by atoms with E-state index < -0.39 is 11.7 Å². The highest BCUT2D eigenvalue weighted by atomic mass is 32.2. The molecule has 3 N–H and O–H groups in total. The van der Waals surface area contributed by atoms with Crippen LogP contribution in [0.4, 0.5) is 0 Å². The van der Waals surface area contributed by atoms with Crippen molar-refractivity contribution >= 4 is 11.8 Å². The van der Waals surface area contributed by atoms with E-state index in [4.69, 9.17) is 4.74 Å². The number of hydrogen-bond acceptors (Lipinski definition) is 5. The predicted molar refractivity (Wildman–Crippen MR) is 69.0 cm³/mol. The summed E-state index contributed by atoms with van der Waals surface area (Å²) in [5, 5.41) is 22.4. The maximum Gasteiger partial charge on any atom is 0.0897 e. The molecule has 98 valence electrons. The summed E-state index contributed by atoms with van der Waals surface area (Å²) < 4.78 is 5.28. The van der Waals surface area contributed by atoms with Gasteiger partial charge in [-0.1, -0.05) is 0 Å². The molecule has 0 aliphatic carbocycles. The minimum atomic E-state index is -0.724. The predicted octanol–water partition coefficient (Wildman–Crippen LogP) is 0.476. The summed E-state index contributed by atoms with van der Waals surface area (Å²) in [5.41, 5.74) is -0.724. The van der Waals surface area contributed by atoms with Crippen molar-refractivity contribution < 1.29 is 14.9 Å². The van der Waals surface area contributed by atoms with E-state index in [2.05, 4.69) is 5.32 Å². The topological polar surface area (TPSA) is 61.7 Å². The van der Waals surface area contributed by atoms with Crippen LogP contribution >= 0.6 is 11.8 Å². The summed E-state index contributed by atoms with van der Waals surface area (Å²) in [4.78, 5) is 0. The standard InChI is InChI=1S/C11H25NO3S/c1-9(2)15-6-10(13)5-12-7-11(3,14)8-16-4/h9-10,12-14H,5-8H2,1-4H3. The van der Waals surface area contributed by atoms with Crippen LogP contribution in [0.5, 0.6) is 0 Å². The summed E-state index contributed by atoms with van der Waals surface area (Å²) in [5.74, 6) is 0.679. The quantitative estimate of drug-likeness (QED) is 0.556. The Hall–Kier alpha value is 0.190. The zero-order valence-corrected chi connectivity index (χ0v) is 11.5.